The zero-order chi connectivity index (χ0) is 16.3. The van der Waals surface area contributed by atoms with Gasteiger partial charge < -0.3 is 8.85 Å². The molecule has 2 fully saturated rings. The molecule has 2 atom stereocenters. The highest BCUT2D eigenvalue weighted by molar-refractivity contribution is 6.61. The number of piperidine rings is 1. The summed E-state index contributed by atoms with van der Waals surface area (Å²) in [6.45, 7) is 11.3. The molecule has 0 radical (unpaired) electrons. The third-order valence-electron chi connectivity index (χ3n) is 5.66. The van der Waals surface area contributed by atoms with Crippen molar-refractivity contribution in [2.24, 2.45) is 11.8 Å². The molecule has 1 heterocycles. The van der Waals surface area contributed by atoms with Crippen molar-refractivity contribution in [3.63, 3.8) is 0 Å². The highest BCUT2D eigenvalue weighted by Crippen LogP contribution is 2.38. The molecule has 2 aliphatic rings. The quantitative estimate of drug-likeness (QED) is 0.698. The fourth-order valence-electron chi connectivity index (χ4n) is 4.82. The zero-order valence-corrected chi connectivity index (χ0v) is 16.5. The second-order valence-corrected chi connectivity index (χ2v) is 10.7. The van der Waals surface area contributed by atoms with E-state index in [1.54, 1.807) is 0 Å². The van der Waals surface area contributed by atoms with Crippen LogP contribution in [0.3, 0.4) is 0 Å². The molecule has 0 aromatic carbocycles. The zero-order valence-electron chi connectivity index (χ0n) is 15.5. The molecule has 5 heteroatoms. The van der Waals surface area contributed by atoms with Crippen molar-refractivity contribution < 1.29 is 8.85 Å². The van der Waals surface area contributed by atoms with Crippen LogP contribution in [0.2, 0.25) is 0 Å². The first-order valence-electron chi connectivity index (χ1n) is 9.10. The van der Waals surface area contributed by atoms with Crippen LogP contribution in [0.4, 0.5) is 0 Å². The molecule has 1 saturated heterocycles. The van der Waals surface area contributed by atoms with Crippen LogP contribution >= 0.6 is 0 Å². The van der Waals surface area contributed by atoms with Crippen molar-refractivity contribution in [2.75, 3.05) is 27.3 Å². The van der Waals surface area contributed by atoms with Crippen LogP contribution in [0.1, 0.15) is 59.8 Å². The lowest BCUT2D eigenvalue weighted by molar-refractivity contribution is 0.0300. The molecule has 4 nitrogen and oxygen atoms in total. The first-order valence-corrected chi connectivity index (χ1v) is 10.8. The van der Waals surface area contributed by atoms with E-state index < -0.39 is 8.88 Å². The second kappa shape index (κ2) is 7.75. The summed E-state index contributed by atoms with van der Waals surface area (Å²) in [6, 6.07) is 0.853. The molecule has 2 rings (SSSR count). The Morgan fingerprint density at radius 1 is 0.909 bits per heavy atom. The molecule has 22 heavy (non-hydrogen) atoms. The number of fused-ring (bicyclic) bond motifs is 1. The van der Waals surface area contributed by atoms with Gasteiger partial charge in [-0.25, -0.2) is 0 Å². The minimum atomic E-state index is -2.51. The maximum Gasteiger partial charge on any atom is 0.522 e. The molecule has 1 aliphatic carbocycles. The van der Waals surface area contributed by atoms with Gasteiger partial charge in [-0.2, -0.15) is 0 Å². The molecule has 1 aliphatic heterocycles. The summed E-state index contributed by atoms with van der Waals surface area (Å²) in [7, 11) is 1.19. The minimum Gasteiger partial charge on any atom is -0.374 e. The van der Waals surface area contributed by atoms with Crippen LogP contribution < -0.4 is 0 Å². The Bertz CT molecular complexity index is 340. The summed E-state index contributed by atoms with van der Waals surface area (Å²) >= 11 is 0. The Hall–Kier alpha value is 0.0569. The van der Waals surface area contributed by atoms with E-state index in [1.165, 1.54) is 32.1 Å². The van der Waals surface area contributed by atoms with Gasteiger partial charge in [0.1, 0.15) is 0 Å². The molecule has 130 valence electrons. The van der Waals surface area contributed by atoms with E-state index in [0.717, 1.165) is 24.9 Å². The van der Waals surface area contributed by atoms with Gasteiger partial charge in [0, 0.05) is 26.3 Å². The van der Waals surface area contributed by atoms with E-state index in [0.29, 0.717) is 12.1 Å². The van der Waals surface area contributed by atoms with Crippen molar-refractivity contribution in [1.82, 2.24) is 9.13 Å². The van der Waals surface area contributed by atoms with Crippen molar-refractivity contribution in [1.29, 1.82) is 0 Å². The van der Waals surface area contributed by atoms with E-state index in [-0.39, 0.29) is 0 Å². The third kappa shape index (κ3) is 3.43. The first kappa shape index (κ1) is 18.4. The molecule has 1 saturated carbocycles. The predicted octanol–water partition coefficient (Wildman–Crippen LogP) is 3.35. The molecule has 2 unspecified atom stereocenters. The van der Waals surface area contributed by atoms with E-state index in [1.807, 2.05) is 14.2 Å². The summed E-state index contributed by atoms with van der Waals surface area (Å²) in [4.78, 5) is 0. The Labute approximate surface area is 138 Å². The average molecular weight is 329 g/mol. The van der Waals surface area contributed by atoms with Crippen LogP contribution in [0, 0.1) is 11.8 Å². The van der Waals surface area contributed by atoms with Gasteiger partial charge in [0.2, 0.25) is 0 Å². The molecular formula is C17H36N2O2Si. The fourth-order valence-corrected chi connectivity index (χ4v) is 8.44. The lowest BCUT2D eigenvalue weighted by Gasteiger charge is -2.52. The second-order valence-electron chi connectivity index (χ2n) is 7.59. The molecule has 0 bridgehead atoms. The van der Waals surface area contributed by atoms with Gasteiger partial charge in [0.25, 0.3) is 0 Å². The first-order chi connectivity index (χ1) is 10.5. The fraction of sp³-hybridized carbons (Fsp3) is 1.00. The third-order valence-corrected chi connectivity index (χ3v) is 9.62. The molecular weight excluding hydrogens is 292 g/mol. The predicted molar refractivity (Wildman–Crippen MR) is 93.5 cm³/mol. The average Bonchev–Trinajstić information content (AvgIpc) is 2.51. The topological polar surface area (TPSA) is 24.9 Å². The van der Waals surface area contributed by atoms with Gasteiger partial charge in [-0.15, -0.1) is 0 Å². The number of nitrogens with zero attached hydrogens (tertiary/aromatic N) is 2. The standard InChI is InChI=1S/C17H36N2O2Si/c1-14(2)19(15(3)4)22(20-5,21-6)18-12-11-16-9-7-8-10-17(16)13-18/h14-17H,7-13H2,1-6H3. The Kier molecular flexibility index (Phi) is 6.48. The Morgan fingerprint density at radius 2 is 1.45 bits per heavy atom. The van der Waals surface area contributed by atoms with E-state index in [4.69, 9.17) is 8.85 Å². The number of hydrogen-bond donors (Lipinski definition) is 0. The van der Waals surface area contributed by atoms with Crippen LogP contribution in [0.25, 0.3) is 0 Å². The molecule has 0 amide bonds. The normalized spacial score (nSPS) is 27.7. The summed E-state index contributed by atoms with van der Waals surface area (Å²) in [6.07, 6.45) is 6.98. The van der Waals surface area contributed by atoms with Crippen molar-refractivity contribution in [2.45, 2.75) is 71.9 Å². The number of rotatable bonds is 6. The summed E-state index contributed by atoms with van der Waals surface area (Å²) in [5.41, 5.74) is 0. The molecule has 0 aromatic heterocycles. The largest absolute Gasteiger partial charge is 0.522 e. The Balaban J connectivity index is 2.22. The van der Waals surface area contributed by atoms with Crippen LogP contribution in [0.15, 0.2) is 0 Å². The van der Waals surface area contributed by atoms with Crippen molar-refractivity contribution in [3.8, 4) is 0 Å². The van der Waals surface area contributed by atoms with Crippen molar-refractivity contribution >= 4 is 8.88 Å². The van der Waals surface area contributed by atoms with Gasteiger partial charge in [-0.3, -0.25) is 9.13 Å². The van der Waals surface area contributed by atoms with Crippen molar-refractivity contribution in [3.05, 3.63) is 0 Å². The highest BCUT2D eigenvalue weighted by atomic mass is 28.4. The van der Waals surface area contributed by atoms with Gasteiger partial charge >= 0.3 is 8.88 Å². The smallest absolute Gasteiger partial charge is 0.374 e. The van der Waals surface area contributed by atoms with E-state index in [9.17, 15) is 0 Å². The lowest BCUT2D eigenvalue weighted by atomic mass is 9.76. The Morgan fingerprint density at radius 3 is 1.95 bits per heavy atom. The summed E-state index contributed by atoms with van der Waals surface area (Å²) < 4.78 is 17.4. The number of hydrogen-bond acceptors (Lipinski definition) is 4. The minimum absolute atomic E-state index is 0.427. The van der Waals surface area contributed by atoms with Gasteiger partial charge in [-0.1, -0.05) is 47.0 Å². The molecule has 0 N–H and O–H groups in total. The van der Waals surface area contributed by atoms with Gasteiger partial charge in [0.15, 0.2) is 0 Å². The van der Waals surface area contributed by atoms with E-state index >= 15 is 0 Å². The molecule has 0 spiro atoms. The SMILES string of the molecule is CO[Si](OC)(N1CCC2CCCCC2C1)N(C(C)C)C(C)C. The highest BCUT2D eigenvalue weighted by Gasteiger charge is 2.54. The maximum absolute atomic E-state index is 6.16. The van der Waals surface area contributed by atoms with E-state index in [2.05, 4.69) is 36.8 Å². The summed E-state index contributed by atoms with van der Waals surface area (Å²) in [5.74, 6) is 1.79. The monoisotopic (exact) mass is 328 g/mol. The van der Waals surface area contributed by atoms with Gasteiger partial charge in [-0.05, 0) is 37.8 Å². The maximum atomic E-state index is 6.16. The van der Waals surface area contributed by atoms with Crippen LogP contribution in [0.5, 0.6) is 0 Å². The lowest BCUT2D eigenvalue weighted by Crippen LogP contribution is -2.73. The van der Waals surface area contributed by atoms with Crippen LogP contribution in [-0.2, 0) is 8.85 Å². The van der Waals surface area contributed by atoms with Gasteiger partial charge in [0.05, 0.1) is 0 Å². The summed E-state index contributed by atoms with van der Waals surface area (Å²) in [5, 5.41) is 0. The molecule has 0 aromatic rings. The van der Waals surface area contributed by atoms with Crippen LogP contribution in [-0.4, -0.2) is 57.4 Å².